The van der Waals surface area contributed by atoms with Crippen LogP contribution in [0.5, 0.6) is 11.6 Å². The van der Waals surface area contributed by atoms with E-state index >= 15 is 0 Å². The van der Waals surface area contributed by atoms with Crippen LogP contribution in [0.25, 0.3) is 0 Å². The Labute approximate surface area is 142 Å². The van der Waals surface area contributed by atoms with Crippen LogP contribution in [0.3, 0.4) is 0 Å². The van der Waals surface area contributed by atoms with Gasteiger partial charge in [-0.3, -0.25) is 4.79 Å². The molecule has 6 nitrogen and oxygen atoms in total. The van der Waals surface area contributed by atoms with Gasteiger partial charge in [0.2, 0.25) is 0 Å². The van der Waals surface area contributed by atoms with Crippen LogP contribution in [0.15, 0.2) is 41.1 Å². The van der Waals surface area contributed by atoms with Crippen molar-refractivity contribution in [3.63, 3.8) is 0 Å². The molecule has 2 heterocycles. The Morgan fingerprint density at radius 2 is 1.91 bits per heavy atom. The fourth-order valence-corrected chi connectivity index (χ4v) is 2.94. The van der Waals surface area contributed by atoms with Gasteiger partial charge in [-0.05, 0) is 40.9 Å². The molecule has 0 spiro atoms. The molecule has 1 saturated heterocycles. The second-order valence-electron chi connectivity index (χ2n) is 5.32. The average molecular weight is 378 g/mol. The molecule has 3 rings (SSSR count). The molecule has 0 radical (unpaired) electrons. The van der Waals surface area contributed by atoms with Crippen molar-refractivity contribution < 1.29 is 14.6 Å². The molecule has 0 aliphatic carbocycles. The fraction of sp³-hybridized carbons (Fsp3) is 0.312. The number of nitrogens with zero attached hydrogens (tertiary/aromatic N) is 3. The maximum absolute atomic E-state index is 11.1. The van der Waals surface area contributed by atoms with Crippen molar-refractivity contribution in [1.82, 2.24) is 9.97 Å². The topological polar surface area (TPSA) is 75.5 Å². The fourth-order valence-electron chi connectivity index (χ4n) is 2.58. The summed E-state index contributed by atoms with van der Waals surface area (Å²) in [6.45, 7) is 1.25. The molecule has 0 unspecified atom stereocenters. The Morgan fingerprint density at radius 1 is 1.22 bits per heavy atom. The van der Waals surface area contributed by atoms with E-state index in [2.05, 4.69) is 25.9 Å². The number of rotatable bonds is 4. The molecule has 1 fully saturated rings. The second kappa shape index (κ2) is 6.95. The summed E-state index contributed by atoms with van der Waals surface area (Å²) in [4.78, 5) is 21.7. The largest absolute Gasteiger partial charge is 0.481 e. The number of anilines is 1. The molecule has 1 N–H and O–H groups in total. The highest BCUT2D eigenvalue weighted by Gasteiger charge is 2.27. The van der Waals surface area contributed by atoms with Crippen molar-refractivity contribution in [1.29, 1.82) is 0 Å². The van der Waals surface area contributed by atoms with E-state index in [-0.39, 0.29) is 5.92 Å². The van der Waals surface area contributed by atoms with Gasteiger partial charge in [0, 0.05) is 25.5 Å². The van der Waals surface area contributed by atoms with Crippen LogP contribution in [-0.2, 0) is 4.79 Å². The zero-order chi connectivity index (χ0) is 16.2. The highest BCUT2D eigenvalue weighted by molar-refractivity contribution is 9.10. The number of para-hydroxylation sites is 1. The molecule has 0 bridgehead atoms. The molecule has 0 atom stereocenters. The van der Waals surface area contributed by atoms with Crippen LogP contribution in [0.1, 0.15) is 12.8 Å². The molecule has 2 aromatic rings. The Bertz CT molecular complexity index is 702. The monoisotopic (exact) mass is 377 g/mol. The number of hydrogen-bond donors (Lipinski definition) is 1. The molecular weight excluding hydrogens is 362 g/mol. The first-order chi connectivity index (χ1) is 11.1. The van der Waals surface area contributed by atoms with Gasteiger partial charge in [-0.1, -0.05) is 12.1 Å². The van der Waals surface area contributed by atoms with Crippen LogP contribution in [0.2, 0.25) is 0 Å². The molecule has 1 aliphatic rings. The molecule has 7 heteroatoms. The summed E-state index contributed by atoms with van der Waals surface area (Å²) in [6, 6.07) is 7.53. The number of carboxylic acid groups (broad SMARTS) is 1. The van der Waals surface area contributed by atoms with Crippen LogP contribution < -0.4 is 9.64 Å². The van der Waals surface area contributed by atoms with E-state index in [1.54, 1.807) is 12.4 Å². The normalized spacial score (nSPS) is 15.4. The zero-order valence-electron chi connectivity index (χ0n) is 12.4. The Kier molecular flexibility index (Phi) is 4.76. The third-order valence-corrected chi connectivity index (χ3v) is 4.49. The summed E-state index contributed by atoms with van der Waals surface area (Å²) in [6.07, 6.45) is 4.39. The number of carbonyl (C=O) groups is 1. The van der Waals surface area contributed by atoms with Crippen molar-refractivity contribution in [3.05, 3.63) is 41.1 Å². The molecule has 1 aliphatic heterocycles. The zero-order valence-corrected chi connectivity index (χ0v) is 13.9. The quantitative estimate of drug-likeness (QED) is 0.880. The number of carboxylic acids is 1. The predicted molar refractivity (Wildman–Crippen MR) is 88.8 cm³/mol. The van der Waals surface area contributed by atoms with E-state index in [4.69, 9.17) is 9.84 Å². The van der Waals surface area contributed by atoms with Crippen molar-refractivity contribution in [2.24, 2.45) is 5.92 Å². The molecule has 1 aromatic heterocycles. The first-order valence-corrected chi connectivity index (χ1v) is 8.15. The maximum Gasteiger partial charge on any atom is 0.306 e. The predicted octanol–water partition coefficient (Wildman–Crippen LogP) is 3.33. The lowest BCUT2D eigenvalue weighted by Crippen LogP contribution is -2.37. The van der Waals surface area contributed by atoms with E-state index in [1.165, 1.54) is 0 Å². The molecular formula is C16H16BrN3O3. The number of aliphatic carboxylic acids is 1. The van der Waals surface area contributed by atoms with Gasteiger partial charge in [-0.15, -0.1) is 0 Å². The van der Waals surface area contributed by atoms with Gasteiger partial charge in [0.15, 0.2) is 5.82 Å². The summed E-state index contributed by atoms with van der Waals surface area (Å²) in [5.41, 5.74) is 0. The van der Waals surface area contributed by atoms with E-state index in [0.717, 1.165) is 4.47 Å². The van der Waals surface area contributed by atoms with Gasteiger partial charge < -0.3 is 14.7 Å². The average Bonchev–Trinajstić information content (AvgIpc) is 2.57. The van der Waals surface area contributed by atoms with Crippen molar-refractivity contribution in [2.75, 3.05) is 18.0 Å². The SMILES string of the molecule is O=C(O)C1CCN(c2nccnc2Oc2ccccc2Br)CC1. The van der Waals surface area contributed by atoms with Gasteiger partial charge in [-0.25, -0.2) is 9.97 Å². The minimum Gasteiger partial charge on any atom is -0.481 e. The summed E-state index contributed by atoms with van der Waals surface area (Å²) < 4.78 is 6.72. The number of halogens is 1. The first kappa shape index (κ1) is 15.7. The van der Waals surface area contributed by atoms with Crippen LogP contribution >= 0.6 is 15.9 Å². The summed E-state index contributed by atoms with van der Waals surface area (Å²) in [5.74, 6) is 0.721. The van der Waals surface area contributed by atoms with Gasteiger partial charge in [-0.2, -0.15) is 0 Å². The standard InChI is InChI=1S/C16H16BrN3O3/c17-12-3-1-2-4-13(12)23-15-14(18-7-8-19-15)20-9-5-11(6-10-20)16(21)22/h1-4,7-8,11H,5-6,9-10H2,(H,21,22). The van der Waals surface area contributed by atoms with Crippen LogP contribution in [0, 0.1) is 5.92 Å². The summed E-state index contributed by atoms with van der Waals surface area (Å²) >= 11 is 3.45. The number of piperidine rings is 1. The highest BCUT2D eigenvalue weighted by atomic mass is 79.9. The summed E-state index contributed by atoms with van der Waals surface area (Å²) in [5, 5.41) is 9.10. The minimum absolute atomic E-state index is 0.282. The van der Waals surface area contributed by atoms with Crippen LogP contribution in [-0.4, -0.2) is 34.1 Å². The highest BCUT2D eigenvalue weighted by Crippen LogP contribution is 2.34. The van der Waals surface area contributed by atoms with Crippen molar-refractivity contribution in [3.8, 4) is 11.6 Å². The third-order valence-electron chi connectivity index (χ3n) is 3.83. The minimum atomic E-state index is -0.728. The first-order valence-electron chi connectivity index (χ1n) is 7.36. The number of hydrogen-bond acceptors (Lipinski definition) is 5. The number of ether oxygens (including phenoxy) is 1. The van der Waals surface area contributed by atoms with Gasteiger partial charge in [0.1, 0.15) is 5.75 Å². The lowest BCUT2D eigenvalue weighted by Gasteiger charge is -2.31. The molecule has 0 saturated carbocycles. The molecule has 1 aromatic carbocycles. The lowest BCUT2D eigenvalue weighted by atomic mass is 9.97. The van der Waals surface area contributed by atoms with Gasteiger partial charge in [0.25, 0.3) is 5.88 Å². The maximum atomic E-state index is 11.1. The summed E-state index contributed by atoms with van der Waals surface area (Å²) in [7, 11) is 0. The second-order valence-corrected chi connectivity index (χ2v) is 6.17. The number of benzene rings is 1. The van der Waals surface area contributed by atoms with Gasteiger partial charge >= 0.3 is 5.97 Å². The van der Waals surface area contributed by atoms with E-state index < -0.39 is 5.97 Å². The molecule has 23 heavy (non-hydrogen) atoms. The van der Waals surface area contributed by atoms with E-state index in [9.17, 15) is 4.79 Å². The van der Waals surface area contributed by atoms with E-state index in [0.29, 0.717) is 43.4 Å². The lowest BCUT2D eigenvalue weighted by molar-refractivity contribution is -0.142. The number of aromatic nitrogens is 2. The molecule has 120 valence electrons. The smallest absolute Gasteiger partial charge is 0.306 e. The van der Waals surface area contributed by atoms with E-state index in [1.807, 2.05) is 29.2 Å². The van der Waals surface area contributed by atoms with Gasteiger partial charge in [0.05, 0.1) is 10.4 Å². The third kappa shape index (κ3) is 3.61. The Balaban J connectivity index is 1.79. The van der Waals surface area contributed by atoms with Crippen LogP contribution in [0.4, 0.5) is 5.82 Å². The van der Waals surface area contributed by atoms with Crippen molar-refractivity contribution in [2.45, 2.75) is 12.8 Å². The van der Waals surface area contributed by atoms with Crippen molar-refractivity contribution >= 4 is 27.7 Å². The Hall–Kier alpha value is -2.15. The molecule has 0 amide bonds. The Morgan fingerprint density at radius 3 is 2.61 bits per heavy atom.